The number of carbonyl (C=O) groups is 1. The number of hydroxylamine groups is 2. The van der Waals surface area contributed by atoms with Crippen LogP contribution in [0.2, 0.25) is 0 Å². The molecule has 0 aliphatic heterocycles. The van der Waals surface area contributed by atoms with Gasteiger partial charge in [-0.15, -0.1) is 0 Å². The Morgan fingerprint density at radius 3 is 2.39 bits per heavy atom. The SMILES string of the molecule is COc1ccc2cc(C(=O)N(C)OC)ccc2c1. The Morgan fingerprint density at radius 1 is 1.06 bits per heavy atom. The average molecular weight is 245 g/mol. The maximum Gasteiger partial charge on any atom is 0.277 e. The molecule has 0 aliphatic rings. The summed E-state index contributed by atoms with van der Waals surface area (Å²) in [5, 5.41) is 3.22. The van der Waals surface area contributed by atoms with Gasteiger partial charge >= 0.3 is 0 Å². The lowest BCUT2D eigenvalue weighted by atomic mass is 10.1. The molecule has 0 aliphatic carbocycles. The van der Waals surface area contributed by atoms with Crippen LogP contribution in [-0.2, 0) is 4.84 Å². The van der Waals surface area contributed by atoms with E-state index < -0.39 is 0 Å². The molecule has 0 unspecified atom stereocenters. The molecule has 0 N–H and O–H groups in total. The van der Waals surface area contributed by atoms with Gasteiger partial charge in [0.1, 0.15) is 5.75 Å². The van der Waals surface area contributed by atoms with Crippen LogP contribution in [0.1, 0.15) is 10.4 Å². The molecule has 2 aromatic carbocycles. The van der Waals surface area contributed by atoms with Crippen LogP contribution in [-0.4, -0.2) is 32.2 Å². The molecular formula is C14H15NO3. The lowest BCUT2D eigenvalue weighted by Crippen LogP contribution is -2.25. The molecule has 0 heterocycles. The van der Waals surface area contributed by atoms with Crippen molar-refractivity contribution in [3.05, 3.63) is 42.0 Å². The molecule has 0 radical (unpaired) electrons. The standard InChI is InChI=1S/C14H15NO3/c1-15(18-3)14(16)12-5-4-11-9-13(17-2)7-6-10(11)8-12/h4-9H,1-3H3. The van der Waals surface area contributed by atoms with Gasteiger partial charge in [-0.05, 0) is 35.0 Å². The highest BCUT2D eigenvalue weighted by Gasteiger charge is 2.11. The van der Waals surface area contributed by atoms with E-state index in [0.29, 0.717) is 5.56 Å². The van der Waals surface area contributed by atoms with E-state index in [1.165, 1.54) is 12.2 Å². The molecule has 4 nitrogen and oxygen atoms in total. The van der Waals surface area contributed by atoms with Crippen molar-refractivity contribution < 1.29 is 14.4 Å². The zero-order chi connectivity index (χ0) is 13.1. The van der Waals surface area contributed by atoms with E-state index in [1.54, 1.807) is 20.2 Å². The van der Waals surface area contributed by atoms with Gasteiger partial charge in [0.05, 0.1) is 14.2 Å². The smallest absolute Gasteiger partial charge is 0.277 e. The number of rotatable bonds is 3. The molecule has 2 aromatic rings. The normalized spacial score (nSPS) is 10.4. The highest BCUT2D eigenvalue weighted by Crippen LogP contribution is 2.22. The van der Waals surface area contributed by atoms with Crippen LogP contribution in [0.15, 0.2) is 36.4 Å². The highest BCUT2D eigenvalue weighted by molar-refractivity contribution is 5.98. The molecule has 4 heteroatoms. The summed E-state index contributed by atoms with van der Waals surface area (Å²) in [5.74, 6) is 0.630. The minimum atomic E-state index is -0.171. The molecule has 0 fully saturated rings. The molecular weight excluding hydrogens is 230 g/mol. The summed E-state index contributed by atoms with van der Waals surface area (Å²) < 4.78 is 5.16. The minimum Gasteiger partial charge on any atom is -0.497 e. The number of hydrogen-bond donors (Lipinski definition) is 0. The second-order valence-corrected chi connectivity index (χ2v) is 3.91. The summed E-state index contributed by atoms with van der Waals surface area (Å²) in [5.41, 5.74) is 0.594. The number of methoxy groups -OCH3 is 1. The van der Waals surface area contributed by atoms with E-state index in [-0.39, 0.29) is 5.91 Å². The van der Waals surface area contributed by atoms with Gasteiger partial charge in [0, 0.05) is 12.6 Å². The van der Waals surface area contributed by atoms with E-state index in [2.05, 4.69) is 0 Å². The van der Waals surface area contributed by atoms with Crippen LogP contribution in [0, 0.1) is 0 Å². The lowest BCUT2D eigenvalue weighted by Gasteiger charge is -2.13. The van der Waals surface area contributed by atoms with Crippen LogP contribution >= 0.6 is 0 Å². The molecule has 2 rings (SSSR count). The van der Waals surface area contributed by atoms with Crippen molar-refractivity contribution in [2.75, 3.05) is 21.3 Å². The predicted octanol–water partition coefficient (Wildman–Crippen LogP) is 2.48. The first kappa shape index (κ1) is 12.4. The summed E-state index contributed by atoms with van der Waals surface area (Å²) in [6, 6.07) is 11.2. The van der Waals surface area contributed by atoms with Crippen molar-refractivity contribution in [3.8, 4) is 5.75 Å². The minimum absolute atomic E-state index is 0.171. The predicted molar refractivity (Wildman–Crippen MR) is 69.6 cm³/mol. The van der Waals surface area contributed by atoms with Crippen molar-refractivity contribution in [2.45, 2.75) is 0 Å². The number of amides is 1. The summed E-state index contributed by atoms with van der Waals surface area (Å²) in [4.78, 5) is 16.8. The van der Waals surface area contributed by atoms with Crippen LogP contribution in [0.25, 0.3) is 10.8 Å². The maximum absolute atomic E-state index is 11.9. The van der Waals surface area contributed by atoms with Gasteiger partial charge in [0.2, 0.25) is 0 Å². The Balaban J connectivity index is 2.42. The van der Waals surface area contributed by atoms with Crippen LogP contribution in [0.4, 0.5) is 0 Å². The van der Waals surface area contributed by atoms with Crippen molar-refractivity contribution in [1.82, 2.24) is 5.06 Å². The fraction of sp³-hybridized carbons (Fsp3) is 0.214. The van der Waals surface area contributed by atoms with E-state index in [1.807, 2.05) is 30.3 Å². The first-order valence-electron chi connectivity index (χ1n) is 5.55. The monoisotopic (exact) mass is 245 g/mol. The fourth-order valence-electron chi connectivity index (χ4n) is 1.75. The van der Waals surface area contributed by atoms with Crippen molar-refractivity contribution in [1.29, 1.82) is 0 Å². The summed E-state index contributed by atoms with van der Waals surface area (Å²) in [6.07, 6.45) is 0. The highest BCUT2D eigenvalue weighted by atomic mass is 16.7. The van der Waals surface area contributed by atoms with Crippen LogP contribution < -0.4 is 4.74 Å². The third-order valence-electron chi connectivity index (χ3n) is 2.85. The number of fused-ring (bicyclic) bond motifs is 1. The Labute approximate surface area is 106 Å². The lowest BCUT2D eigenvalue weighted by molar-refractivity contribution is -0.0756. The number of hydrogen-bond acceptors (Lipinski definition) is 3. The van der Waals surface area contributed by atoms with E-state index >= 15 is 0 Å². The molecule has 18 heavy (non-hydrogen) atoms. The summed E-state index contributed by atoms with van der Waals surface area (Å²) >= 11 is 0. The van der Waals surface area contributed by atoms with Gasteiger partial charge in [-0.2, -0.15) is 0 Å². The Hall–Kier alpha value is -2.07. The molecule has 0 saturated carbocycles. The van der Waals surface area contributed by atoms with E-state index in [4.69, 9.17) is 9.57 Å². The molecule has 0 aromatic heterocycles. The molecule has 1 amide bonds. The molecule has 0 atom stereocenters. The first-order chi connectivity index (χ1) is 8.65. The zero-order valence-corrected chi connectivity index (χ0v) is 10.6. The topological polar surface area (TPSA) is 38.8 Å². The number of ether oxygens (including phenoxy) is 1. The summed E-state index contributed by atoms with van der Waals surface area (Å²) in [7, 11) is 4.68. The second-order valence-electron chi connectivity index (χ2n) is 3.91. The number of benzene rings is 2. The number of carbonyl (C=O) groups excluding carboxylic acids is 1. The third kappa shape index (κ3) is 2.28. The van der Waals surface area contributed by atoms with Crippen LogP contribution in [0.3, 0.4) is 0 Å². The molecule has 0 spiro atoms. The van der Waals surface area contributed by atoms with Gasteiger partial charge in [-0.3, -0.25) is 9.63 Å². The van der Waals surface area contributed by atoms with E-state index in [0.717, 1.165) is 16.5 Å². The quantitative estimate of drug-likeness (QED) is 0.780. The maximum atomic E-state index is 11.9. The number of nitrogens with zero attached hydrogens (tertiary/aromatic N) is 1. The Kier molecular flexibility index (Phi) is 3.48. The van der Waals surface area contributed by atoms with Crippen molar-refractivity contribution in [3.63, 3.8) is 0 Å². The van der Waals surface area contributed by atoms with Crippen molar-refractivity contribution >= 4 is 16.7 Å². The van der Waals surface area contributed by atoms with Gasteiger partial charge in [-0.1, -0.05) is 12.1 Å². The van der Waals surface area contributed by atoms with Gasteiger partial charge in [-0.25, -0.2) is 5.06 Å². The molecule has 0 bridgehead atoms. The third-order valence-corrected chi connectivity index (χ3v) is 2.85. The molecule has 94 valence electrons. The zero-order valence-electron chi connectivity index (χ0n) is 10.6. The van der Waals surface area contributed by atoms with Gasteiger partial charge in [0.25, 0.3) is 5.91 Å². The second kappa shape index (κ2) is 5.06. The first-order valence-corrected chi connectivity index (χ1v) is 5.55. The van der Waals surface area contributed by atoms with Crippen molar-refractivity contribution in [2.24, 2.45) is 0 Å². The average Bonchev–Trinajstić information content (AvgIpc) is 2.44. The van der Waals surface area contributed by atoms with Crippen LogP contribution in [0.5, 0.6) is 5.75 Å². The molecule has 0 saturated heterocycles. The fourth-order valence-corrected chi connectivity index (χ4v) is 1.75. The summed E-state index contributed by atoms with van der Waals surface area (Å²) in [6.45, 7) is 0. The largest absolute Gasteiger partial charge is 0.497 e. The Morgan fingerprint density at radius 2 is 1.72 bits per heavy atom. The van der Waals surface area contributed by atoms with Gasteiger partial charge in [0.15, 0.2) is 0 Å². The Bertz CT molecular complexity index is 580. The van der Waals surface area contributed by atoms with Gasteiger partial charge < -0.3 is 4.74 Å². The van der Waals surface area contributed by atoms with E-state index in [9.17, 15) is 4.79 Å².